The first-order chi connectivity index (χ1) is 16.5. The van der Waals surface area contributed by atoms with Crippen LogP contribution in [0.5, 0.6) is 0 Å². The highest BCUT2D eigenvalue weighted by Crippen LogP contribution is 2.61. The van der Waals surface area contributed by atoms with Crippen molar-refractivity contribution in [3.63, 3.8) is 0 Å². The maximum Gasteiger partial charge on any atom is 0.421 e. The summed E-state index contributed by atoms with van der Waals surface area (Å²) in [5, 5.41) is 0. The van der Waals surface area contributed by atoms with Gasteiger partial charge in [0.05, 0.1) is 17.7 Å². The molecule has 2 aliphatic rings. The van der Waals surface area contributed by atoms with E-state index in [2.05, 4.69) is 15.9 Å². The minimum atomic E-state index is -1.14. The second kappa shape index (κ2) is 8.84. The second-order valence-electron chi connectivity index (χ2n) is 8.74. The van der Waals surface area contributed by atoms with Crippen LogP contribution in [0.1, 0.15) is 48.3 Å². The zero-order valence-corrected chi connectivity index (χ0v) is 20.3. The fraction of sp³-hybridized carbons (Fsp3) is 0.250. The van der Waals surface area contributed by atoms with Gasteiger partial charge >= 0.3 is 6.09 Å². The summed E-state index contributed by atoms with van der Waals surface area (Å²) in [4.78, 5) is 41.9. The number of nitrogens with zero attached hydrogens (tertiary/aromatic N) is 1. The Bertz CT molecular complexity index is 1210. The van der Waals surface area contributed by atoms with Crippen molar-refractivity contribution in [2.45, 2.75) is 37.0 Å². The molecule has 3 aromatic carbocycles. The monoisotopic (exact) mass is 517 g/mol. The number of carbonyl (C=O) groups excluding carboxylic acids is 3. The van der Waals surface area contributed by atoms with Crippen LogP contribution in [0.4, 0.5) is 10.5 Å². The number of Topliss-reactive ketones (excluding diaryl/α,β-unsaturated/α-hetero) is 1. The summed E-state index contributed by atoms with van der Waals surface area (Å²) in [5.74, 6) is -1.10. The van der Waals surface area contributed by atoms with Gasteiger partial charge in [0, 0.05) is 29.2 Å². The zero-order chi connectivity index (χ0) is 23.9. The molecule has 1 fully saturated rings. The number of hydrogen-bond donors (Lipinski definition) is 0. The van der Waals surface area contributed by atoms with E-state index in [9.17, 15) is 14.4 Å². The van der Waals surface area contributed by atoms with Crippen LogP contribution in [0.2, 0.25) is 0 Å². The average Bonchev–Trinajstić information content (AvgIpc) is 3.09. The van der Waals surface area contributed by atoms with E-state index >= 15 is 0 Å². The van der Waals surface area contributed by atoms with Gasteiger partial charge in [-0.05, 0) is 41.8 Å². The lowest BCUT2D eigenvalue weighted by molar-refractivity contribution is -0.130. The molecule has 1 aliphatic carbocycles. The summed E-state index contributed by atoms with van der Waals surface area (Å²) in [6.07, 6.45) is -0.243. The molecule has 172 valence electrons. The third-order valence-corrected chi connectivity index (χ3v) is 7.51. The summed E-state index contributed by atoms with van der Waals surface area (Å²) in [6, 6.07) is 24.9. The molecule has 3 aromatic rings. The van der Waals surface area contributed by atoms with E-state index in [1.807, 2.05) is 72.8 Å². The fourth-order valence-electron chi connectivity index (χ4n) is 5.72. The first-order valence-electron chi connectivity index (χ1n) is 11.4. The van der Waals surface area contributed by atoms with Gasteiger partial charge < -0.3 is 4.74 Å². The first-order valence-corrected chi connectivity index (χ1v) is 12.2. The Balaban J connectivity index is 1.84. The van der Waals surface area contributed by atoms with Gasteiger partial charge in [-0.15, -0.1) is 0 Å². The summed E-state index contributed by atoms with van der Waals surface area (Å²) >= 11 is 3.57. The van der Waals surface area contributed by atoms with Crippen molar-refractivity contribution < 1.29 is 19.1 Å². The molecule has 6 heteroatoms. The highest BCUT2D eigenvalue weighted by atomic mass is 79.9. The Hall–Kier alpha value is -3.25. The Morgan fingerprint density at radius 3 is 2.03 bits per heavy atom. The van der Waals surface area contributed by atoms with Crippen LogP contribution in [0.25, 0.3) is 0 Å². The van der Waals surface area contributed by atoms with Gasteiger partial charge in [-0.2, -0.15) is 0 Å². The number of imide groups is 1. The van der Waals surface area contributed by atoms with Crippen molar-refractivity contribution in [3.8, 4) is 0 Å². The molecule has 0 radical (unpaired) electrons. The SMILES string of the molecule is CCOC(=O)N1C(=O)C2(c3cc(Br)ccc31)[C@@H](c1ccccc1)CC(=O)C[C@@H]2c1ccccc1. The molecule has 1 aliphatic heterocycles. The van der Waals surface area contributed by atoms with Crippen LogP contribution in [0.3, 0.4) is 0 Å². The van der Waals surface area contributed by atoms with E-state index in [4.69, 9.17) is 4.74 Å². The molecule has 5 nitrogen and oxygen atoms in total. The highest BCUT2D eigenvalue weighted by molar-refractivity contribution is 9.10. The molecule has 5 rings (SSSR count). The molecule has 0 bridgehead atoms. The number of amides is 2. The van der Waals surface area contributed by atoms with Crippen LogP contribution in [0.15, 0.2) is 83.3 Å². The van der Waals surface area contributed by atoms with Gasteiger partial charge in [-0.25, -0.2) is 9.69 Å². The summed E-state index contributed by atoms with van der Waals surface area (Å²) in [7, 11) is 0. The van der Waals surface area contributed by atoms with Crippen LogP contribution < -0.4 is 4.90 Å². The third-order valence-electron chi connectivity index (χ3n) is 7.02. The predicted octanol–water partition coefficient (Wildman–Crippen LogP) is 6.12. The Morgan fingerprint density at radius 2 is 1.50 bits per heavy atom. The molecular formula is C28H24BrNO4. The summed E-state index contributed by atoms with van der Waals surface area (Å²) in [6.45, 7) is 1.87. The van der Waals surface area contributed by atoms with Gasteiger partial charge in [0.25, 0.3) is 0 Å². The zero-order valence-electron chi connectivity index (χ0n) is 18.7. The normalized spacial score (nSPS) is 20.9. The van der Waals surface area contributed by atoms with Gasteiger partial charge in [0.1, 0.15) is 5.78 Å². The quantitative estimate of drug-likeness (QED) is 0.419. The largest absolute Gasteiger partial charge is 0.449 e. The van der Waals surface area contributed by atoms with Crippen LogP contribution in [-0.2, 0) is 19.7 Å². The maximum atomic E-state index is 14.5. The molecule has 0 N–H and O–H groups in total. The number of halogens is 1. The van der Waals surface area contributed by atoms with E-state index in [1.165, 1.54) is 4.90 Å². The van der Waals surface area contributed by atoms with E-state index in [1.54, 1.807) is 13.0 Å². The van der Waals surface area contributed by atoms with Crippen molar-refractivity contribution in [2.24, 2.45) is 0 Å². The lowest BCUT2D eigenvalue weighted by Gasteiger charge is -2.46. The molecular weight excluding hydrogens is 494 g/mol. The fourth-order valence-corrected chi connectivity index (χ4v) is 6.08. The van der Waals surface area contributed by atoms with E-state index in [-0.39, 0.29) is 31.1 Å². The summed E-state index contributed by atoms with van der Waals surface area (Å²) in [5.41, 5.74) is 1.93. The maximum absolute atomic E-state index is 14.5. The Morgan fingerprint density at radius 1 is 0.941 bits per heavy atom. The number of rotatable bonds is 3. The number of ketones is 1. The molecule has 0 saturated heterocycles. The van der Waals surface area contributed by atoms with Crippen molar-refractivity contribution >= 4 is 39.4 Å². The predicted molar refractivity (Wildman–Crippen MR) is 133 cm³/mol. The third kappa shape index (κ3) is 3.40. The number of benzene rings is 3. The van der Waals surface area contributed by atoms with Crippen molar-refractivity contribution in [1.82, 2.24) is 0 Å². The smallest absolute Gasteiger partial charge is 0.421 e. The molecule has 0 unspecified atom stereocenters. The molecule has 2 amide bonds. The highest BCUT2D eigenvalue weighted by Gasteiger charge is 2.64. The van der Waals surface area contributed by atoms with Crippen molar-refractivity contribution in [2.75, 3.05) is 11.5 Å². The standard InChI is InChI=1S/C28H24BrNO4/c1-2-34-27(33)30-25-14-13-20(29)15-24(25)28(26(30)32)22(18-9-5-3-6-10-18)16-21(31)17-23(28)19-11-7-4-8-12-19/h3-15,22-23H,2,16-17H2,1H3/t22-,23-/m1/s1. The van der Waals surface area contributed by atoms with Crippen LogP contribution in [-0.4, -0.2) is 24.4 Å². The minimum Gasteiger partial charge on any atom is -0.449 e. The van der Waals surface area contributed by atoms with E-state index in [0.29, 0.717) is 5.69 Å². The number of carbonyl (C=O) groups is 3. The molecule has 2 atom stereocenters. The summed E-state index contributed by atoms with van der Waals surface area (Å²) < 4.78 is 6.11. The number of anilines is 1. The molecule has 34 heavy (non-hydrogen) atoms. The Kier molecular flexibility index (Phi) is 5.86. The topological polar surface area (TPSA) is 63.7 Å². The van der Waals surface area contributed by atoms with Crippen LogP contribution in [0, 0.1) is 0 Å². The lowest BCUT2D eigenvalue weighted by atomic mass is 9.54. The van der Waals surface area contributed by atoms with Gasteiger partial charge in [-0.1, -0.05) is 76.6 Å². The number of fused-ring (bicyclic) bond motifs is 2. The molecule has 1 heterocycles. The molecule has 1 saturated carbocycles. The Labute approximate surface area is 206 Å². The first kappa shape index (κ1) is 22.5. The molecule has 0 aromatic heterocycles. The lowest BCUT2D eigenvalue weighted by Crippen LogP contribution is -2.53. The number of hydrogen-bond acceptors (Lipinski definition) is 4. The van der Waals surface area contributed by atoms with Gasteiger partial charge in [-0.3, -0.25) is 9.59 Å². The van der Waals surface area contributed by atoms with Crippen molar-refractivity contribution in [1.29, 1.82) is 0 Å². The average molecular weight is 518 g/mol. The van der Waals surface area contributed by atoms with Gasteiger partial charge in [0.2, 0.25) is 5.91 Å². The number of ether oxygens (including phenoxy) is 1. The van der Waals surface area contributed by atoms with E-state index < -0.39 is 23.3 Å². The molecule has 1 spiro atoms. The van der Waals surface area contributed by atoms with Crippen molar-refractivity contribution in [3.05, 3.63) is 100 Å². The second-order valence-corrected chi connectivity index (χ2v) is 9.66. The van der Waals surface area contributed by atoms with E-state index in [0.717, 1.165) is 21.2 Å². The van der Waals surface area contributed by atoms with Crippen LogP contribution >= 0.6 is 15.9 Å². The van der Waals surface area contributed by atoms with Gasteiger partial charge in [0.15, 0.2) is 0 Å². The minimum absolute atomic E-state index is 0.104.